The Morgan fingerprint density at radius 3 is 2.31 bits per heavy atom. The fourth-order valence-electron chi connectivity index (χ4n) is 0.860. The molecule has 80 valence electrons. The zero-order valence-electron chi connectivity index (χ0n) is 7.47. The molecule has 0 saturated carbocycles. The monoisotopic (exact) mass is 201 g/mol. The zero-order chi connectivity index (χ0) is 10.3. The van der Waals surface area contributed by atoms with Crippen molar-refractivity contribution in [3.63, 3.8) is 0 Å². The third-order valence-electron chi connectivity index (χ3n) is 1.54. The highest BCUT2D eigenvalue weighted by atomic mass is 19.4. The molecule has 0 rings (SSSR count). The van der Waals surface area contributed by atoms with Gasteiger partial charge >= 0.3 is 6.36 Å². The molecule has 13 heavy (non-hydrogen) atoms. The molecule has 0 aromatic rings. The standard InChI is InChI=1S/C7H14F3NO2/c1-2-11(3-5-12)4-6-13-7(8,9)10/h12H,2-6H2,1H3. The first-order valence-corrected chi connectivity index (χ1v) is 4.03. The van der Waals surface area contributed by atoms with E-state index in [9.17, 15) is 13.2 Å². The first kappa shape index (κ1) is 12.7. The Morgan fingerprint density at radius 1 is 1.31 bits per heavy atom. The van der Waals surface area contributed by atoms with E-state index in [2.05, 4.69) is 4.74 Å². The Bertz CT molecular complexity index is 129. The molecular formula is C7H14F3NO2. The van der Waals surface area contributed by atoms with Crippen molar-refractivity contribution in [2.45, 2.75) is 13.3 Å². The summed E-state index contributed by atoms with van der Waals surface area (Å²) in [6.07, 6.45) is -4.56. The van der Waals surface area contributed by atoms with Crippen LogP contribution in [0.2, 0.25) is 0 Å². The first-order chi connectivity index (χ1) is 5.99. The highest BCUT2D eigenvalue weighted by Crippen LogP contribution is 2.15. The van der Waals surface area contributed by atoms with Gasteiger partial charge in [-0.15, -0.1) is 13.2 Å². The second kappa shape index (κ2) is 6.17. The highest BCUT2D eigenvalue weighted by molar-refractivity contribution is 4.53. The number of ether oxygens (including phenoxy) is 1. The summed E-state index contributed by atoms with van der Waals surface area (Å²) in [6, 6.07) is 0. The maximum Gasteiger partial charge on any atom is 0.522 e. The Balaban J connectivity index is 3.49. The lowest BCUT2D eigenvalue weighted by molar-refractivity contribution is -0.325. The van der Waals surface area contributed by atoms with E-state index in [4.69, 9.17) is 5.11 Å². The van der Waals surface area contributed by atoms with E-state index in [1.54, 1.807) is 4.90 Å². The first-order valence-electron chi connectivity index (χ1n) is 4.03. The van der Waals surface area contributed by atoms with Gasteiger partial charge in [0.15, 0.2) is 0 Å². The predicted octanol–water partition coefficient (Wildman–Crippen LogP) is 0.837. The highest BCUT2D eigenvalue weighted by Gasteiger charge is 2.28. The zero-order valence-corrected chi connectivity index (χ0v) is 7.47. The molecule has 0 heterocycles. The van der Waals surface area contributed by atoms with Crippen LogP contribution in [0, 0.1) is 0 Å². The molecule has 0 atom stereocenters. The number of hydrogen-bond donors (Lipinski definition) is 1. The molecule has 1 N–H and O–H groups in total. The predicted molar refractivity (Wildman–Crippen MR) is 41.2 cm³/mol. The van der Waals surface area contributed by atoms with E-state index in [-0.39, 0.29) is 13.2 Å². The molecular weight excluding hydrogens is 187 g/mol. The quantitative estimate of drug-likeness (QED) is 0.691. The van der Waals surface area contributed by atoms with Crippen LogP contribution in [0.1, 0.15) is 6.92 Å². The Labute approximate surface area is 75.1 Å². The molecule has 0 aliphatic carbocycles. The van der Waals surface area contributed by atoms with Gasteiger partial charge in [0.1, 0.15) is 0 Å². The molecule has 0 unspecified atom stereocenters. The van der Waals surface area contributed by atoms with Gasteiger partial charge in [-0.05, 0) is 6.54 Å². The number of hydrogen-bond acceptors (Lipinski definition) is 3. The van der Waals surface area contributed by atoms with Crippen molar-refractivity contribution in [1.82, 2.24) is 4.90 Å². The normalized spacial score (nSPS) is 12.5. The van der Waals surface area contributed by atoms with E-state index in [1.165, 1.54) is 0 Å². The molecule has 0 fully saturated rings. The van der Waals surface area contributed by atoms with Gasteiger partial charge in [-0.2, -0.15) is 0 Å². The average molecular weight is 201 g/mol. The molecule has 0 aromatic carbocycles. The molecule has 3 nitrogen and oxygen atoms in total. The summed E-state index contributed by atoms with van der Waals surface area (Å²) in [5.74, 6) is 0. The van der Waals surface area contributed by atoms with E-state index in [1.807, 2.05) is 6.92 Å². The van der Waals surface area contributed by atoms with Gasteiger partial charge < -0.3 is 5.11 Å². The second-order valence-electron chi connectivity index (χ2n) is 2.45. The number of nitrogens with zero attached hydrogens (tertiary/aromatic N) is 1. The van der Waals surface area contributed by atoms with Crippen molar-refractivity contribution in [2.75, 3.05) is 32.8 Å². The lowest BCUT2D eigenvalue weighted by atomic mass is 10.5. The van der Waals surface area contributed by atoms with Gasteiger partial charge in [0, 0.05) is 13.1 Å². The van der Waals surface area contributed by atoms with Crippen LogP contribution in [0.25, 0.3) is 0 Å². The second-order valence-corrected chi connectivity index (χ2v) is 2.45. The lowest BCUT2D eigenvalue weighted by Gasteiger charge is -2.19. The number of halogens is 3. The largest absolute Gasteiger partial charge is 0.522 e. The number of alkyl halides is 3. The van der Waals surface area contributed by atoms with Gasteiger partial charge in [-0.25, -0.2) is 0 Å². The number of likely N-dealkylation sites (N-methyl/N-ethyl adjacent to an activating group) is 1. The van der Waals surface area contributed by atoms with Crippen LogP contribution in [-0.2, 0) is 4.74 Å². The van der Waals surface area contributed by atoms with Crippen LogP contribution < -0.4 is 0 Å². The molecule has 0 aromatic heterocycles. The lowest BCUT2D eigenvalue weighted by Crippen LogP contribution is -2.31. The van der Waals surface area contributed by atoms with Gasteiger partial charge in [0.05, 0.1) is 13.2 Å². The third kappa shape index (κ3) is 8.01. The van der Waals surface area contributed by atoms with Crippen LogP contribution in [0.15, 0.2) is 0 Å². The van der Waals surface area contributed by atoms with E-state index < -0.39 is 13.0 Å². The molecule has 0 amide bonds. The Morgan fingerprint density at radius 2 is 1.92 bits per heavy atom. The van der Waals surface area contributed by atoms with Crippen LogP contribution in [-0.4, -0.2) is 49.2 Å². The fourth-order valence-corrected chi connectivity index (χ4v) is 0.860. The van der Waals surface area contributed by atoms with Crippen molar-refractivity contribution in [1.29, 1.82) is 0 Å². The summed E-state index contributed by atoms with van der Waals surface area (Å²) >= 11 is 0. The van der Waals surface area contributed by atoms with E-state index in [0.717, 1.165) is 0 Å². The molecule has 0 aliphatic rings. The number of aliphatic hydroxyl groups excluding tert-OH is 1. The summed E-state index contributed by atoms with van der Waals surface area (Å²) in [6.45, 7) is 2.51. The minimum Gasteiger partial charge on any atom is -0.395 e. The summed E-state index contributed by atoms with van der Waals surface area (Å²) in [4.78, 5) is 1.67. The molecule has 6 heteroatoms. The minimum absolute atomic E-state index is 0.0557. The summed E-state index contributed by atoms with van der Waals surface area (Å²) in [5.41, 5.74) is 0. The molecule has 0 bridgehead atoms. The van der Waals surface area contributed by atoms with Gasteiger partial charge in [0.2, 0.25) is 0 Å². The van der Waals surface area contributed by atoms with Crippen molar-refractivity contribution in [2.24, 2.45) is 0 Å². The van der Waals surface area contributed by atoms with Gasteiger partial charge in [0.25, 0.3) is 0 Å². The van der Waals surface area contributed by atoms with E-state index in [0.29, 0.717) is 13.1 Å². The van der Waals surface area contributed by atoms with Crippen LogP contribution >= 0.6 is 0 Å². The van der Waals surface area contributed by atoms with Crippen molar-refractivity contribution in [3.8, 4) is 0 Å². The van der Waals surface area contributed by atoms with Crippen LogP contribution in [0.3, 0.4) is 0 Å². The topological polar surface area (TPSA) is 32.7 Å². The molecule has 0 radical (unpaired) electrons. The van der Waals surface area contributed by atoms with Crippen LogP contribution in [0.5, 0.6) is 0 Å². The number of rotatable bonds is 6. The smallest absolute Gasteiger partial charge is 0.395 e. The summed E-state index contributed by atoms with van der Waals surface area (Å²) in [7, 11) is 0. The van der Waals surface area contributed by atoms with E-state index >= 15 is 0 Å². The van der Waals surface area contributed by atoms with Gasteiger partial charge in [-0.3, -0.25) is 9.64 Å². The SMILES string of the molecule is CCN(CCO)CCOC(F)(F)F. The fraction of sp³-hybridized carbons (Fsp3) is 1.00. The minimum atomic E-state index is -4.56. The van der Waals surface area contributed by atoms with Crippen molar-refractivity contribution >= 4 is 0 Å². The molecule has 0 aliphatic heterocycles. The summed E-state index contributed by atoms with van der Waals surface area (Å²) < 4.78 is 38.1. The average Bonchev–Trinajstić information content (AvgIpc) is 2.01. The molecule has 0 spiro atoms. The van der Waals surface area contributed by atoms with Crippen molar-refractivity contribution < 1.29 is 23.0 Å². The van der Waals surface area contributed by atoms with Crippen LogP contribution in [0.4, 0.5) is 13.2 Å². The molecule has 0 saturated heterocycles. The van der Waals surface area contributed by atoms with Gasteiger partial charge in [-0.1, -0.05) is 6.92 Å². The third-order valence-corrected chi connectivity index (χ3v) is 1.54. The number of aliphatic hydroxyl groups is 1. The van der Waals surface area contributed by atoms with Crippen molar-refractivity contribution in [3.05, 3.63) is 0 Å². The maximum absolute atomic E-state index is 11.5. The Kier molecular flexibility index (Phi) is 6.02. The maximum atomic E-state index is 11.5. The summed E-state index contributed by atoms with van der Waals surface area (Å²) in [5, 5.41) is 8.52. The Hall–Kier alpha value is -0.330.